The van der Waals surface area contributed by atoms with Gasteiger partial charge in [0.1, 0.15) is 5.82 Å². The van der Waals surface area contributed by atoms with E-state index >= 15 is 0 Å². The van der Waals surface area contributed by atoms with Gasteiger partial charge in [-0.25, -0.2) is 4.39 Å². The highest BCUT2D eigenvalue weighted by molar-refractivity contribution is 5.27. The van der Waals surface area contributed by atoms with Gasteiger partial charge in [0.25, 0.3) is 0 Å². The van der Waals surface area contributed by atoms with Crippen LogP contribution in [0, 0.1) is 18.7 Å². The zero-order valence-electron chi connectivity index (χ0n) is 12.9. The largest absolute Gasteiger partial charge is 0.314 e. The molecule has 2 heteroatoms. The first kappa shape index (κ1) is 15.5. The molecule has 20 heavy (non-hydrogen) atoms. The summed E-state index contributed by atoms with van der Waals surface area (Å²) in [5.74, 6) is 0.750. The fraction of sp³-hybridized carbons (Fsp3) is 0.667. The summed E-state index contributed by atoms with van der Waals surface area (Å²) in [4.78, 5) is 0. The minimum absolute atomic E-state index is 0.112. The second kappa shape index (κ2) is 7.78. The molecule has 0 bridgehead atoms. The molecular formula is C18H28FN. The molecule has 0 spiro atoms. The summed E-state index contributed by atoms with van der Waals surface area (Å²) in [6.45, 7) is 5.23. The molecular weight excluding hydrogens is 249 g/mol. The van der Waals surface area contributed by atoms with Crippen molar-refractivity contribution in [3.05, 3.63) is 35.1 Å². The van der Waals surface area contributed by atoms with E-state index in [4.69, 9.17) is 0 Å². The summed E-state index contributed by atoms with van der Waals surface area (Å²) in [5, 5.41) is 3.60. The molecule has 1 unspecified atom stereocenters. The van der Waals surface area contributed by atoms with Crippen LogP contribution < -0.4 is 5.32 Å². The number of hydrogen-bond donors (Lipinski definition) is 1. The van der Waals surface area contributed by atoms with Crippen LogP contribution in [0.25, 0.3) is 0 Å². The first-order chi connectivity index (χ1) is 9.69. The zero-order valence-corrected chi connectivity index (χ0v) is 12.9. The Balaban J connectivity index is 1.98. The fourth-order valence-electron chi connectivity index (χ4n) is 3.48. The van der Waals surface area contributed by atoms with Crippen LogP contribution in [0.3, 0.4) is 0 Å². The van der Waals surface area contributed by atoms with E-state index in [1.54, 1.807) is 12.1 Å². The number of rotatable bonds is 6. The molecule has 0 radical (unpaired) electrons. The van der Waals surface area contributed by atoms with Gasteiger partial charge in [-0.05, 0) is 55.5 Å². The number of nitrogens with one attached hydrogen (secondary N) is 1. The Kier molecular flexibility index (Phi) is 6.03. The molecule has 1 aliphatic carbocycles. The third kappa shape index (κ3) is 4.59. The van der Waals surface area contributed by atoms with Crippen LogP contribution in [0.4, 0.5) is 4.39 Å². The standard InChI is InChI=1S/C18H28FN/c1-3-20-18(11-15-7-5-4-6-8-15)13-16-12-17(19)10-9-14(16)2/h9-10,12,15,18,20H,3-8,11,13H2,1-2H3. The summed E-state index contributed by atoms with van der Waals surface area (Å²) < 4.78 is 13.4. The molecule has 1 N–H and O–H groups in total. The van der Waals surface area contributed by atoms with E-state index in [0.717, 1.165) is 24.4 Å². The lowest BCUT2D eigenvalue weighted by atomic mass is 9.83. The van der Waals surface area contributed by atoms with Gasteiger partial charge in [0.2, 0.25) is 0 Å². The normalized spacial score (nSPS) is 18.1. The van der Waals surface area contributed by atoms with Crippen molar-refractivity contribution in [3.63, 3.8) is 0 Å². The van der Waals surface area contributed by atoms with Gasteiger partial charge >= 0.3 is 0 Å². The van der Waals surface area contributed by atoms with E-state index in [0.29, 0.717) is 6.04 Å². The van der Waals surface area contributed by atoms with E-state index in [-0.39, 0.29) is 5.82 Å². The lowest BCUT2D eigenvalue weighted by molar-refractivity contribution is 0.298. The van der Waals surface area contributed by atoms with Crippen LogP contribution in [-0.2, 0) is 6.42 Å². The lowest BCUT2D eigenvalue weighted by Crippen LogP contribution is -2.33. The second-order valence-corrected chi connectivity index (χ2v) is 6.27. The predicted octanol–water partition coefficient (Wildman–Crippen LogP) is 4.63. The van der Waals surface area contributed by atoms with Crippen LogP contribution in [0.1, 0.15) is 56.6 Å². The van der Waals surface area contributed by atoms with Crippen molar-refractivity contribution in [3.8, 4) is 0 Å². The average molecular weight is 277 g/mol. The van der Waals surface area contributed by atoms with Crippen molar-refractivity contribution in [2.24, 2.45) is 5.92 Å². The maximum absolute atomic E-state index is 13.4. The number of halogens is 1. The Labute approximate surface area is 123 Å². The van der Waals surface area contributed by atoms with Gasteiger partial charge in [-0.2, -0.15) is 0 Å². The van der Waals surface area contributed by atoms with E-state index < -0.39 is 0 Å². The molecule has 0 amide bonds. The predicted molar refractivity (Wildman–Crippen MR) is 83.5 cm³/mol. The minimum atomic E-state index is -0.112. The molecule has 1 aromatic rings. The van der Waals surface area contributed by atoms with Gasteiger partial charge < -0.3 is 5.32 Å². The van der Waals surface area contributed by atoms with Gasteiger partial charge in [-0.3, -0.25) is 0 Å². The van der Waals surface area contributed by atoms with Gasteiger partial charge in [0.15, 0.2) is 0 Å². The van der Waals surface area contributed by atoms with Crippen molar-refractivity contribution < 1.29 is 4.39 Å². The SMILES string of the molecule is CCNC(Cc1cc(F)ccc1C)CC1CCCCC1. The van der Waals surface area contributed by atoms with Gasteiger partial charge in [-0.15, -0.1) is 0 Å². The molecule has 0 heterocycles. The highest BCUT2D eigenvalue weighted by atomic mass is 19.1. The van der Waals surface area contributed by atoms with Crippen LogP contribution in [0.5, 0.6) is 0 Å². The summed E-state index contributed by atoms with van der Waals surface area (Å²) >= 11 is 0. The minimum Gasteiger partial charge on any atom is -0.314 e. The summed E-state index contributed by atoms with van der Waals surface area (Å²) in [6.07, 6.45) is 9.14. The molecule has 1 aromatic carbocycles. The monoisotopic (exact) mass is 277 g/mol. The van der Waals surface area contributed by atoms with Crippen LogP contribution >= 0.6 is 0 Å². The first-order valence-corrected chi connectivity index (χ1v) is 8.17. The van der Waals surface area contributed by atoms with Crippen molar-refractivity contribution in [1.29, 1.82) is 0 Å². The summed E-state index contributed by atoms with van der Waals surface area (Å²) in [5.41, 5.74) is 2.37. The maximum Gasteiger partial charge on any atom is 0.123 e. The van der Waals surface area contributed by atoms with Gasteiger partial charge in [0.05, 0.1) is 0 Å². The summed E-state index contributed by atoms with van der Waals surface area (Å²) in [7, 11) is 0. The van der Waals surface area contributed by atoms with Crippen LogP contribution in [0.15, 0.2) is 18.2 Å². The van der Waals surface area contributed by atoms with Crippen LogP contribution in [-0.4, -0.2) is 12.6 Å². The molecule has 112 valence electrons. The molecule has 0 aliphatic heterocycles. The Hall–Kier alpha value is -0.890. The van der Waals surface area contributed by atoms with Gasteiger partial charge in [-0.1, -0.05) is 45.1 Å². The van der Waals surface area contributed by atoms with Crippen molar-refractivity contribution in [1.82, 2.24) is 5.32 Å². The fourth-order valence-corrected chi connectivity index (χ4v) is 3.48. The Morgan fingerprint density at radius 1 is 1.25 bits per heavy atom. The number of hydrogen-bond acceptors (Lipinski definition) is 1. The highest BCUT2D eigenvalue weighted by Gasteiger charge is 2.19. The quantitative estimate of drug-likeness (QED) is 0.799. The van der Waals surface area contributed by atoms with Crippen molar-refractivity contribution >= 4 is 0 Å². The third-order valence-electron chi connectivity index (χ3n) is 4.61. The van der Waals surface area contributed by atoms with Crippen molar-refractivity contribution in [2.75, 3.05) is 6.54 Å². The van der Waals surface area contributed by atoms with E-state index in [2.05, 4.69) is 19.2 Å². The lowest BCUT2D eigenvalue weighted by Gasteiger charge is -2.27. The third-order valence-corrected chi connectivity index (χ3v) is 4.61. The zero-order chi connectivity index (χ0) is 14.4. The number of aryl methyl sites for hydroxylation is 1. The molecule has 1 saturated carbocycles. The number of benzene rings is 1. The highest BCUT2D eigenvalue weighted by Crippen LogP contribution is 2.28. The van der Waals surface area contributed by atoms with E-state index in [1.165, 1.54) is 44.1 Å². The molecule has 1 nitrogen and oxygen atoms in total. The molecule has 2 rings (SSSR count). The molecule has 1 aliphatic rings. The molecule has 1 fully saturated rings. The number of likely N-dealkylation sites (N-methyl/N-ethyl adjacent to an activating group) is 1. The molecule has 1 atom stereocenters. The van der Waals surface area contributed by atoms with Crippen molar-refractivity contribution in [2.45, 2.75) is 64.8 Å². The maximum atomic E-state index is 13.4. The average Bonchev–Trinajstić information content (AvgIpc) is 2.44. The molecule has 0 saturated heterocycles. The smallest absolute Gasteiger partial charge is 0.123 e. The Morgan fingerprint density at radius 2 is 2.00 bits per heavy atom. The first-order valence-electron chi connectivity index (χ1n) is 8.17. The molecule has 0 aromatic heterocycles. The topological polar surface area (TPSA) is 12.0 Å². The Morgan fingerprint density at radius 3 is 2.70 bits per heavy atom. The Bertz CT molecular complexity index is 410. The van der Waals surface area contributed by atoms with Crippen LogP contribution in [0.2, 0.25) is 0 Å². The second-order valence-electron chi connectivity index (χ2n) is 6.27. The van der Waals surface area contributed by atoms with E-state index in [9.17, 15) is 4.39 Å². The van der Waals surface area contributed by atoms with Gasteiger partial charge in [0, 0.05) is 6.04 Å². The summed E-state index contributed by atoms with van der Waals surface area (Å²) in [6, 6.07) is 5.65. The van der Waals surface area contributed by atoms with E-state index in [1.807, 2.05) is 6.07 Å².